The van der Waals surface area contributed by atoms with Crippen LogP contribution in [-0.2, 0) is 6.42 Å². The van der Waals surface area contributed by atoms with Gasteiger partial charge in [-0.15, -0.1) is 10.2 Å². The molecule has 5 nitrogen and oxygen atoms in total. The molecular weight excluding hydrogens is 242 g/mol. The second-order valence-electron chi connectivity index (χ2n) is 3.80. The van der Waals surface area contributed by atoms with Gasteiger partial charge in [-0.2, -0.15) is 0 Å². The SMILES string of the molecule is CCCCc1nnc2c(Cl)cc(C(=O)O)cn12. The lowest BCUT2D eigenvalue weighted by molar-refractivity contribution is 0.0696. The van der Waals surface area contributed by atoms with E-state index in [4.69, 9.17) is 16.7 Å². The number of hydrogen-bond acceptors (Lipinski definition) is 3. The Morgan fingerprint density at radius 1 is 1.53 bits per heavy atom. The zero-order valence-electron chi connectivity index (χ0n) is 9.35. The molecule has 0 aromatic carbocycles. The van der Waals surface area contributed by atoms with Crippen LogP contribution >= 0.6 is 11.6 Å². The van der Waals surface area contributed by atoms with Crippen molar-refractivity contribution in [3.8, 4) is 0 Å². The van der Waals surface area contributed by atoms with E-state index in [9.17, 15) is 4.79 Å². The van der Waals surface area contributed by atoms with E-state index < -0.39 is 5.97 Å². The third-order valence-corrected chi connectivity index (χ3v) is 2.81. The van der Waals surface area contributed by atoms with Crippen molar-refractivity contribution in [3.05, 3.63) is 28.7 Å². The summed E-state index contributed by atoms with van der Waals surface area (Å²) in [5.41, 5.74) is 0.641. The number of carbonyl (C=O) groups is 1. The van der Waals surface area contributed by atoms with Crippen LogP contribution < -0.4 is 0 Å². The molecule has 0 atom stereocenters. The van der Waals surface area contributed by atoms with Gasteiger partial charge in [0.15, 0.2) is 5.65 Å². The van der Waals surface area contributed by atoms with Gasteiger partial charge in [-0.1, -0.05) is 24.9 Å². The second kappa shape index (κ2) is 4.71. The summed E-state index contributed by atoms with van der Waals surface area (Å²) in [7, 11) is 0. The number of nitrogens with zero attached hydrogens (tertiary/aromatic N) is 3. The number of aromatic carboxylic acids is 1. The van der Waals surface area contributed by atoms with Crippen molar-refractivity contribution in [1.29, 1.82) is 0 Å². The van der Waals surface area contributed by atoms with Gasteiger partial charge in [0.25, 0.3) is 0 Å². The third-order valence-electron chi connectivity index (χ3n) is 2.53. The quantitative estimate of drug-likeness (QED) is 0.909. The van der Waals surface area contributed by atoms with Crippen LogP contribution in [0.1, 0.15) is 35.9 Å². The van der Waals surface area contributed by atoms with Gasteiger partial charge in [-0.3, -0.25) is 4.40 Å². The molecule has 0 fully saturated rings. The minimum absolute atomic E-state index is 0.139. The smallest absolute Gasteiger partial charge is 0.337 e. The first-order valence-corrected chi connectivity index (χ1v) is 5.77. The van der Waals surface area contributed by atoms with Gasteiger partial charge in [-0.05, 0) is 12.5 Å². The fourth-order valence-electron chi connectivity index (χ4n) is 1.62. The summed E-state index contributed by atoms with van der Waals surface area (Å²) in [5, 5.41) is 17.3. The molecule has 0 aliphatic heterocycles. The van der Waals surface area contributed by atoms with Gasteiger partial charge < -0.3 is 5.11 Å². The maximum absolute atomic E-state index is 10.9. The van der Waals surface area contributed by atoms with Crippen LogP contribution in [0.15, 0.2) is 12.3 Å². The topological polar surface area (TPSA) is 67.5 Å². The van der Waals surface area contributed by atoms with Gasteiger partial charge in [0.2, 0.25) is 0 Å². The van der Waals surface area contributed by atoms with Gasteiger partial charge in [0.05, 0.1) is 10.6 Å². The lowest BCUT2D eigenvalue weighted by Crippen LogP contribution is -2.02. The Balaban J connectivity index is 2.53. The highest BCUT2D eigenvalue weighted by Crippen LogP contribution is 2.19. The highest BCUT2D eigenvalue weighted by Gasteiger charge is 2.12. The number of rotatable bonds is 4. The van der Waals surface area contributed by atoms with Crippen molar-refractivity contribution in [2.24, 2.45) is 0 Å². The molecule has 0 aliphatic rings. The Morgan fingerprint density at radius 2 is 2.29 bits per heavy atom. The molecule has 2 rings (SSSR count). The van der Waals surface area contributed by atoms with E-state index in [1.54, 1.807) is 4.40 Å². The van der Waals surface area contributed by atoms with E-state index in [0.29, 0.717) is 10.7 Å². The zero-order chi connectivity index (χ0) is 12.4. The first-order valence-electron chi connectivity index (χ1n) is 5.40. The Labute approximate surface area is 103 Å². The van der Waals surface area contributed by atoms with Crippen molar-refractivity contribution < 1.29 is 9.90 Å². The van der Waals surface area contributed by atoms with E-state index in [0.717, 1.165) is 25.1 Å². The average molecular weight is 254 g/mol. The maximum Gasteiger partial charge on any atom is 0.337 e. The molecule has 90 valence electrons. The van der Waals surface area contributed by atoms with Gasteiger partial charge in [0.1, 0.15) is 5.82 Å². The summed E-state index contributed by atoms with van der Waals surface area (Å²) < 4.78 is 1.65. The number of aryl methyl sites for hydroxylation is 1. The lowest BCUT2D eigenvalue weighted by atomic mass is 10.2. The maximum atomic E-state index is 10.9. The summed E-state index contributed by atoms with van der Waals surface area (Å²) in [6.45, 7) is 2.08. The Morgan fingerprint density at radius 3 is 2.94 bits per heavy atom. The molecule has 0 unspecified atom stereocenters. The summed E-state index contributed by atoms with van der Waals surface area (Å²) in [5.74, 6) is -0.268. The van der Waals surface area contributed by atoms with Crippen LogP contribution in [0.25, 0.3) is 5.65 Å². The monoisotopic (exact) mass is 253 g/mol. The molecule has 0 radical (unpaired) electrons. The molecule has 0 spiro atoms. The van der Waals surface area contributed by atoms with Crippen molar-refractivity contribution in [2.45, 2.75) is 26.2 Å². The van der Waals surface area contributed by atoms with Crippen LogP contribution in [-0.4, -0.2) is 25.7 Å². The van der Waals surface area contributed by atoms with Crippen molar-refractivity contribution in [1.82, 2.24) is 14.6 Å². The highest BCUT2D eigenvalue weighted by atomic mass is 35.5. The van der Waals surface area contributed by atoms with Crippen molar-refractivity contribution in [2.75, 3.05) is 0 Å². The normalized spacial score (nSPS) is 10.9. The van der Waals surface area contributed by atoms with Crippen LogP contribution in [0.5, 0.6) is 0 Å². The van der Waals surface area contributed by atoms with Crippen LogP contribution in [0.3, 0.4) is 0 Å². The number of aromatic nitrogens is 3. The van der Waals surface area contributed by atoms with Gasteiger partial charge >= 0.3 is 5.97 Å². The number of halogens is 1. The molecule has 1 N–H and O–H groups in total. The Kier molecular flexibility index (Phi) is 3.28. The first kappa shape index (κ1) is 11.9. The highest BCUT2D eigenvalue weighted by molar-refractivity contribution is 6.33. The van der Waals surface area contributed by atoms with E-state index in [2.05, 4.69) is 17.1 Å². The molecule has 6 heteroatoms. The number of pyridine rings is 1. The van der Waals surface area contributed by atoms with Crippen LogP contribution in [0, 0.1) is 0 Å². The number of hydrogen-bond donors (Lipinski definition) is 1. The molecule has 2 aromatic heterocycles. The van der Waals surface area contributed by atoms with Crippen LogP contribution in [0.4, 0.5) is 0 Å². The molecule has 2 heterocycles. The first-order chi connectivity index (χ1) is 8.13. The molecule has 2 aromatic rings. The number of unbranched alkanes of at least 4 members (excludes halogenated alkanes) is 1. The molecule has 0 bridgehead atoms. The molecule has 0 saturated heterocycles. The summed E-state index contributed by atoms with van der Waals surface area (Å²) in [6, 6.07) is 1.39. The van der Waals surface area contributed by atoms with E-state index >= 15 is 0 Å². The third kappa shape index (κ3) is 2.24. The second-order valence-corrected chi connectivity index (χ2v) is 4.20. The fraction of sp³-hybridized carbons (Fsp3) is 0.364. The number of carboxylic acids is 1. The summed E-state index contributed by atoms with van der Waals surface area (Å²) in [6.07, 6.45) is 4.29. The van der Waals surface area contributed by atoms with Crippen molar-refractivity contribution >= 4 is 23.2 Å². The molecular formula is C11H12ClN3O2. The number of carboxylic acid groups (broad SMARTS) is 1. The molecule has 0 amide bonds. The van der Waals surface area contributed by atoms with E-state index in [1.807, 2.05) is 0 Å². The Bertz CT molecular complexity index is 565. The van der Waals surface area contributed by atoms with E-state index in [-0.39, 0.29) is 5.56 Å². The summed E-state index contributed by atoms with van der Waals surface area (Å²) >= 11 is 5.97. The average Bonchev–Trinajstić information content (AvgIpc) is 2.70. The molecule has 17 heavy (non-hydrogen) atoms. The van der Waals surface area contributed by atoms with Crippen LogP contribution in [0.2, 0.25) is 5.02 Å². The summed E-state index contributed by atoms with van der Waals surface area (Å²) in [4.78, 5) is 10.9. The minimum Gasteiger partial charge on any atom is -0.478 e. The zero-order valence-corrected chi connectivity index (χ0v) is 10.1. The van der Waals surface area contributed by atoms with Crippen molar-refractivity contribution in [3.63, 3.8) is 0 Å². The predicted molar refractivity (Wildman–Crippen MR) is 63.6 cm³/mol. The van der Waals surface area contributed by atoms with Gasteiger partial charge in [0, 0.05) is 12.6 Å². The lowest BCUT2D eigenvalue weighted by Gasteiger charge is -2.02. The molecule has 0 aliphatic carbocycles. The molecule has 0 saturated carbocycles. The van der Waals surface area contributed by atoms with E-state index in [1.165, 1.54) is 12.3 Å². The van der Waals surface area contributed by atoms with Gasteiger partial charge in [-0.25, -0.2) is 4.79 Å². The number of fused-ring (bicyclic) bond motifs is 1. The standard InChI is InChI=1S/C11H12ClN3O2/c1-2-3-4-9-13-14-10-8(12)5-7(11(16)17)6-15(9)10/h5-6H,2-4H2,1H3,(H,16,17). The predicted octanol–water partition coefficient (Wildman–Crippen LogP) is 2.42. The minimum atomic E-state index is -1.01. The largest absolute Gasteiger partial charge is 0.478 e. The Hall–Kier alpha value is -1.62. The fourth-order valence-corrected chi connectivity index (χ4v) is 1.87.